The molecule has 0 heterocycles. The lowest BCUT2D eigenvalue weighted by atomic mass is 10.3. The van der Waals surface area contributed by atoms with Crippen molar-refractivity contribution in [1.82, 2.24) is 10.5 Å². The Hall–Kier alpha value is -1.14. The van der Waals surface area contributed by atoms with Crippen molar-refractivity contribution >= 4 is 5.69 Å². The Morgan fingerprint density at radius 1 is 0.955 bits per heavy atom. The summed E-state index contributed by atoms with van der Waals surface area (Å²) in [5.74, 6) is 0. The molecular formula is C17H31N3O2. The normalized spacial score (nSPS) is 11.1. The van der Waals surface area contributed by atoms with Gasteiger partial charge in [-0.2, -0.15) is 5.06 Å². The van der Waals surface area contributed by atoms with Crippen LogP contribution < -0.4 is 10.4 Å². The van der Waals surface area contributed by atoms with E-state index in [2.05, 4.69) is 48.5 Å². The SMILES string of the molecule is CCNOCCCON(CC)CCN(CC)c1ccccc1. The maximum absolute atomic E-state index is 5.80. The first-order valence-corrected chi connectivity index (χ1v) is 8.34. The number of nitrogens with one attached hydrogen (secondary N) is 1. The van der Waals surface area contributed by atoms with E-state index in [0.29, 0.717) is 13.2 Å². The highest BCUT2D eigenvalue weighted by atomic mass is 16.7. The molecule has 0 saturated heterocycles. The second kappa shape index (κ2) is 12.4. The largest absolute Gasteiger partial charge is 0.370 e. The van der Waals surface area contributed by atoms with E-state index in [-0.39, 0.29) is 0 Å². The smallest absolute Gasteiger partial charge is 0.0707 e. The van der Waals surface area contributed by atoms with Crippen molar-refractivity contribution in [2.45, 2.75) is 27.2 Å². The van der Waals surface area contributed by atoms with E-state index in [1.54, 1.807) is 0 Å². The monoisotopic (exact) mass is 309 g/mol. The number of benzene rings is 1. The summed E-state index contributed by atoms with van der Waals surface area (Å²) < 4.78 is 0. The third kappa shape index (κ3) is 7.75. The molecule has 1 aromatic carbocycles. The molecule has 22 heavy (non-hydrogen) atoms. The Morgan fingerprint density at radius 3 is 2.36 bits per heavy atom. The van der Waals surface area contributed by atoms with Crippen LogP contribution in [-0.2, 0) is 9.68 Å². The zero-order chi connectivity index (χ0) is 16.0. The molecule has 0 atom stereocenters. The second-order valence-electron chi connectivity index (χ2n) is 4.97. The Labute approximate surface area is 135 Å². The van der Waals surface area contributed by atoms with Gasteiger partial charge < -0.3 is 9.74 Å². The number of rotatable bonds is 13. The van der Waals surface area contributed by atoms with Gasteiger partial charge in [-0.15, -0.1) is 0 Å². The number of nitrogens with zero attached hydrogens (tertiary/aromatic N) is 2. The minimum absolute atomic E-state index is 0.677. The molecule has 0 saturated carbocycles. The molecule has 0 aliphatic carbocycles. The highest BCUT2D eigenvalue weighted by molar-refractivity contribution is 5.45. The summed E-state index contributed by atoms with van der Waals surface area (Å²) in [6, 6.07) is 10.5. The Kier molecular flexibility index (Phi) is 10.7. The number of hydroxylamine groups is 3. The van der Waals surface area contributed by atoms with Crippen LogP contribution in [0, 0.1) is 0 Å². The third-order valence-corrected chi connectivity index (χ3v) is 3.39. The van der Waals surface area contributed by atoms with Crippen LogP contribution in [0.3, 0.4) is 0 Å². The van der Waals surface area contributed by atoms with Gasteiger partial charge in [-0.3, -0.25) is 4.84 Å². The highest BCUT2D eigenvalue weighted by Crippen LogP contribution is 2.12. The number of para-hydroxylation sites is 1. The minimum Gasteiger partial charge on any atom is -0.370 e. The van der Waals surface area contributed by atoms with Crippen LogP contribution in [0.5, 0.6) is 0 Å². The van der Waals surface area contributed by atoms with Gasteiger partial charge in [0.05, 0.1) is 13.2 Å². The van der Waals surface area contributed by atoms with Crippen LogP contribution in [0.25, 0.3) is 0 Å². The molecular weight excluding hydrogens is 278 g/mol. The molecule has 0 spiro atoms. The van der Waals surface area contributed by atoms with Crippen LogP contribution >= 0.6 is 0 Å². The zero-order valence-electron chi connectivity index (χ0n) is 14.3. The van der Waals surface area contributed by atoms with Crippen molar-refractivity contribution in [1.29, 1.82) is 0 Å². The zero-order valence-corrected chi connectivity index (χ0v) is 14.3. The maximum atomic E-state index is 5.80. The Balaban J connectivity index is 2.24. The molecule has 0 radical (unpaired) electrons. The first kappa shape index (κ1) is 18.9. The van der Waals surface area contributed by atoms with Gasteiger partial charge in [-0.1, -0.05) is 32.0 Å². The molecule has 0 aliphatic rings. The average molecular weight is 309 g/mol. The predicted octanol–water partition coefficient (Wildman–Crippen LogP) is 2.70. The quantitative estimate of drug-likeness (QED) is 0.448. The van der Waals surface area contributed by atoms with Gasteiger partial charge in [-0.05, 0) is 25.5 Å². The van der Waals surface area contributed by atoms with Crippen LogP contribution in [0.1, 0.15) is 27.2 Å². The Bertz CT molecular complexity index is 362. The molecule has 0 aromatic heterocycles. The van der Waals surface area contributed by atoms with E-state index in [4.69, 9.17) is 9.68 Å². The van der Waals surface area contributed by atoms with Crippen LogP contribution in [0.4, 0.5) is 5.69 Å². The summed E-state index contributed by atoms with van der Waals surface area (Å²) in [5, 5.41) is 2.03. The van der Waals surface area contributed by atoms with Crippen molar-refractivity contribution in [2.24, 2.45) is 0 Å². The van der Waals surface area contributed by atoms with Gasteiger partial charge in [0.2, 0.25) is 0 Å². The summed E-state index contributed by atoms with van der Waals surface area (Å²) in [4.78, 5) is 13.4. The van der Waals surface area contributed by atoms with E-state index >= 15 is 0 Å². The molecule has 0 bridgehead atoms. The molecule has 5 heteroatoms. The van der Waals surface area contributed by atoms with Crippen LogP contribution in [0.15, 0.2) is 30.3 Å². The van der Waals surface area contributed by atoms with E-state index in [9.17, 15) is 0 Å². The topological polar surface area (TPSA) is 37.0 Å². The fourth-order valence-electron chi connectivity index (χ4n) is 2.15. The van der Waals surface area contributed by atoms with E-state index in [0.717, 1.165) is 39.1 Å². The third-order valence-electron chi connectivity index (χ3n) is 3.39. The first-order chi connectivity index (χ1) is 10.8. The van der Waals surface area contributed by atoms with Gasteiger partial charge >= 0.3 is 0 Å². The number of hydrogen-bond donors (Lipinski definition) is 1. The van der Waals surface area contributed by atoms with Gasteiger partial charge in [0.25, 0.3) is 0 Å². The van der Waals surface area contributed by atoms with Crippen molar-refractivity contribution < 1.29 is 9.68 Å². The summed E-state index contributed by atoms with van der Waals surface area (Å²) >= 11 is 0. The minimum atomic E-state index is 0.677. The molecule has 126 valence electrons. The summed E-state index contributed by atoms with van der Waals surface area (Å²) in [5.41, 5.74) is 4.10. The molecule has 1 rings (SSSR count). The fourth-order valence-corrected chi connectivity index (χ4v) is 2.15. The van der Waals surface area contributed by atoms with Crippen molar-refractivity contribution in [3.05, 3.63) is 30.3 Å². The summed E-state index contributed by atoms with van der Waals surface area (Å²) in [6.45, 7) is 12.3. The average Bonchev–Trinajstić information content (AvgIpc) is 2.57. The standard InChI is InChI=1S/C17H31N3O2/c1-4-18-21-15-10-16-22-20(6-3)14-13-19(5-2)17-11-8-7-9-12-17/h7-9,11-12,18H,4-6,10,13-16H2,1-3H3. The lowest BCUT2D eigenvalue weighted by Gasteiger charge is -2.27. The molecule has 0 amide bonds. The second-order valence-corrected chi connectivity index (χ2v) is 4.97. The van der Waals surface area contributed by atoms with Gasteiger partial charge in [0, 0.05) is 38.4 Å². The summed E-state index contributed by atoms with van der Waals surface area (Å²) in [7, 11) is 0. The van der Waals surface area contributed by atoms with Crippen molar-refractivity contribution in [3.8, 4) is 0 Å². The predicted molar refractivity (Wildman–Crippen MR) is 91.8 cm³/mol. The van der Waals surface area contributed by atoms with E-state index in [1.807, 2.05) is 18.1 Å². The summed E-state index contributed by atoms with van der Waals surface area (Å²) in [6.07, 6.45) is 0.889. The van der Waals surface area contributed by atoms with Gasteiger partial charge in [0.15, 0.2) is 0 Å². The molecule has 0 fully saturated rings. The van der Waals surface area contributed by atoms with Gasteiger partial charge in [-0.25, -0.2) is 5.48 Å². The van der Waals surface area contributed by atoms with E-state index < -0.39 is 0 Å². The molecule has 1 aromatic rings. The Morgan fingerprint density at radius 2 is 1.73 bits per heavy atom. The fraction of sp³-hybridized carbons (Fsp3) is 0.647. The van der Waals surface area contributed by atoms with E-state index in [1.165, 1.54) is 5.69 Å². The molecule has 0 unspecified atom stereocenters. The molecule has 1 N–H and O–H groups in total. The number of hydrogen-bond acceptors (Lipinski definition) is 5. The van der Waals surface area contributed by atoms with Crippen molar-refractivity contribution in [3.63, 3.8) is 0 Å². The van der Waals surface area contributed by atoms with Crippen LogP contribution in [-0.4, -0.2) is 51.0 Å². The maximum Gasteiger partial charge on any atom is 0.0707 e. The molecule has 5 nitrogen and oxygen atoms in total. The van der Waals surface area contributed by atoms with Crippen molar-refractivity contribution in [2.75, 3.05) is 50.8 Å². The van der Waals surface area contributed by atoms with Crippen LogP contribution in [0.2, 0.25) is 0 Å². The number of anilines is 1. The molecule has 0 aliphatic heterocycles. The first-order valence-electron chi connectivity index (χ1n) is 8.34. The lowest BCUT2D eigenvalue weighted by molar-refractivity contribution is -0.158. The number of likely N-dealkylation sites (N-methyl/N-ethyl adjacent to an activating group) is 2. The highest BCUT2D eigenvalue weighted by Gasteiger charge is 2.07. The van der Waals surface area contributed by atoms with Gasteiger partial charge in [0.1, 0.15) is 0 Å². The lowest BCUT2D eigenvalue weighted by Crippen LogP contribution is -2.35.